The van der Waals surface area contributed by atoms with E-state index < -0.39 is 11.7 Å². The zero-order valence-corrected chi connectivity index (χ0v) is 11.9. The van der Waals surface area contributed by atoms with Crippen molar-refractivity contribution in [1.82, 2.24) is 5.32 Å². The summed E-state index contributed by atoms with van der Waals surface area (Å²) in [6, 6.07) is 3.54. The minimum atomic E-state index is -0.697. The Labute approximate surface area is 117 Å². The van der Waals surface area contributed by atoms with Gasteiger partial charge in [0, 0.05) is 12.6 Å². The molecule has 2 N–H and O–H groups in total. The van der Waals surface area contributed by atoms with Gasteiger partial charge in [-0.25, -0.2) is 4.39 Å². The molecule has 0 atom stereocenters. The van der Waals surface area contributed by atoms with Crippen LogP contribution in [-0.4, -0.2) is 29.6 Å². The van der Waals surface area contributed by atoms with Crippen molar-refractivity contribution in [2.24, 2.45) is 0 Å². The monoisotopic (exact) mass is 285 g/mol. The molecule has 1 rings (SSSR count). The van der Waals surface area contributed by atoms with E-state index in [1.54, 1.807) is 0 Å². The van der Waals surface area contributed by atoms with Gasteiger partial charge in [0.25, 0.3) is 5.91 Å². The fourth-order valence-corrected chi connectivity index (χ4v) is 2.20. The molecule has 0 saturated heterocycles. The minimum Gasteiger partial charge on any atom is -0.508 e. The lowest BCUT2D eigenvalue weighted by molar-refractivity contribution is 0.0949. The van der Waals surface area contributed by atoms with Crippen LogP contribution in [0.15, 0.2) is 18.2 Å². The molecular weight excluding hydrogens is 265 g/mol. The summed E-state index contributed by atoms with van der Waals surface area (Å²) in [6.45, 7) is 0.554. The SMILES string of the molecule is CSCCCCCCNC(=O)c1ccc(O)cc1F. The van der Waals surface area contributed by atoms with Gasteiger partial charge in [-0.2, -0.15) is 11.8 Å². The Bertz CT molecular complexity index is 412. The van der Waals surface area contributed by atoms with Gasteiger partial charge in [-0.3, -0.25) is 4.79 Å². The number of amides is 1. The molecule has 0 unspecified atom stereocenters. The lowest BCUT2D eigenvalue weighted by Gasteiger charge is -2.06. The first-order chi connectivity index (χ1) is 9.15. The van der Waals surface area contributed by atoms with Crippen molar-refractivity contribution in [3.8, 4) is 5.75 Å². The maximum absolute atomic E-state index is 13.4. The summed E-state index contributed by atoms with van der Waals surface area (Å²) in [4.78, 5) is 11.7. The molecule has 106 valence electrons. The zero-order chi connectivity index (χ0) is 14.1. The predicted octanol–water partition coefficient (Wildman–Crippen LogP) is 3.18. The molecular formula is C14H20FNO2S. The van der Waals surface area contributed by atoms with Gasteiger partial charge in [-0.1, -0.05) is 12.8 Å². The molecule has 0 saturated carbocycles. The maximum Gasteiger partial charge on any atom is 0.254 e. The molecule has 1 aromatic carbocycles. The Hall–Kier alpha value is -1.23. The molecule has 1 amide bonds. The molecule has 3 nitrogen and oxygen atoms in total. The third-order valence-corrected chi connectivity index (χ3v) is 3.46. The Morgan fingerprint density at radius 2 is 2.05 bits per heavy atom. The van der Waals surface area contributed by atoms with Crippen molar-refractivity contribution in [1.29, 1.82) is 0 Å². The molecule has 0 bridgehead atoms. The number of rotatable bonds is 8. The number of aromatic hydroxyl groups is 1. The van der Waals surface area contributed by atoms with Crippen LogP contribution in [0.1, 0.15) is 36.0 Å². The normalized spacial score (nSPS) is 10.4. The average Bonchev–Trinajstić information content (AvgIpc) is 2.37. The largest absolute Gasteiger partial charge is 0.508 e. The lowest BCUT2D eigenvalue weighted by atomic mass is 10.1. The number of thioether (sulfide) groups is 1. The third-order valence-electron chi connectivity index (χ3n) is 2.76. The van der Waals surface area contributed by atoms with Gasteiger partial charge in [0.05, 0.1) is 5.56 Å². The van der Waals surface area contributed by atoms with Crippen molar-refractivity contribution in [3.63, 3.8) is 0 Å². The average molecular weight is 285 g/mol. The zero-order valence-electron chi connectivity index (χ0n) is 11.1. The number of phenolic OH excluding ortho intramolecular Hbond substituents is 1. The molecule has 0 heterocycles. The van der Waals surface area contributed by atoms with E-state index in [4.69, 9.17) is 5.11 Å². The van der Waals surface area contributed by atoms with E-state index in [0.29, 0.717) is 6.54 Å². The summed E-state index contributed by atoms with van der Waals surface area (Å²) in [5, 5.41) is 11.7. The van der Waals surface area contributed by atoms with Crippen LogP contribution in [0.4, 0.5) is 4.39 Å². The number of hydrogen-bond donors (Lipinski definition) is 2. The van der Waals surface area contributed by atoms with E-state index in [-0.39, 0.29) is 11.3 Å². The van der Waals surface area contributed by atoms with E-state index in [9.17, 15) is 9.18 Å². The minimum absolute atomic E-state index is 0.0276. The van der Waals surface area contributed by atoms with Crippen molar-refractivity contribution in [2.75, 3.05) is 18.6 Å². The number of hydrogen-bond acceptors (Lipinski definition) is 3. The van der Waals surface area contributed by atoms with Crippen LogP contribution in [0.2, 0.25) is 0 Å². The van der Waals surface area contributed by atoms with Gasteiger partial charge in [-0.05, 0) is 37.0 Å². The topological polar surface area (TPSA) is 49.3 Å². The number of carbonyl (C=O) groups excluding carboxylic acids is 1. The molecule has 0 spiro atoms. The second-order valence-electron chi connectivity index (χ2n) is 4.33. The van der Waals surface area contributed by atoms with Crippen molar-refractivity contribution in [3.05, 3.63) is 29.6 Å². The number of benzene rings is 1. The van der Waals surface area contributed by atoms with E-state index in [1.165, 1.54) is 24.3 Å². The molecule has 0 aromatic heterocycles. The number of nitrogens with one attached hydrogen (secondary N) is 1. The highest BCUT2D eigenvalue weighted by Crippen LogP contribution is 2.14. The summed E-state index contributed by atoms with van der Waals surface area (Å²) in [6.07, 6.45) is 6.41. The summed E-state index contributed by atoms with van der Waals surface area (Å²) in [7, 11) is 0. The fourth-order valence-electron chi connectivity index (χ4n) is 1.71. The van der Waals surface area contributed by atoms with Crippen LogP contribution in [-0.2, 0) is 0 Å². The van der Waals surface area contributed by atoms with Crippen LogP contribution in [0, 0.1) is 5.82 Å². The van der Waals surface area contributed by atoms with Crippen molar-refractivity contribution in [2.45, 2.75) is 25.7 Å². The van der Waals surface area contributed by atoms with Gasteiger partial charge in [0.15, 0.2) is 0 Å². The van der Waals surface area contributed by atoms with Gasteiger partial charge in [0.1, 0.15) is 11.6 Å². The van der Waals surface area contributed by atoms with Crippen LogP contribution >= 0.6 is 11.8 Å². The highest BCUT2D eigenvalue weighted by molar-refractivity contribution is 7.98. The number of unbranched alkanes of at least 4 members (excludes halogenated alkanes) is 3. The number of carbonyl (C=O) groups is 1. The Morgan fingerprint density at radius 1 is 1.32 bits per heavy atom. The molecule has 0 radical (unpaired) electrons. The van der Waals surface area contributed by atoms with E-state index >= 15 is 0 Å². The van der Waals surface area contributed by atoms with Crippen LogP contribution < -0.4 is 5.32 Å². The second kappa shape index (κ2) is 8.80. The molecule has 0 aliphatic rings. The summed E-state index contributed by atoms with van der Waals surface area (Å²) < 4.78 is 13.4. The first-order valence-corrected chi connectivity index (χ1v) is 7.80. The standard InChI is InChI=1S/C14H20FNO2S/c1-19-9-5-3-2-4-8-16-14(18)12-7-6-11(17)10-13(12)15/h6-7,10,17H,2-5,8-9H2,1H3,(H,16,18). The van der Waals surface area contributed by atoms with E-state index in [1.807, 2.05) is 11.8 Å². The summed E-state index contributed by atoms with van der Waals surface area (Å²) in [5.74, 6) is -0.132. The molecule has 0 aliphatic carbocycles. The molecule has 19 heavy (non-hydrogen) atoms. The van der Waals surface area contributed by atoms with Gasteiger partial charge in [0.2, 0.25) is 0 Å². The Kier molecular flexibility index (Phi) is 7.33. The highest BCUT2D eigenvalue weighted by atomic mass is 32.2. The third kappa shape index (κ3) is 5.96. The fraction of sp³-hybridized carbons (Fsp3) is 0.500. The van der Waals surface area contributed by atoms with Crippen LogP contribution in [0.5, 0.6) is 5.75 Å². The highest BCUT2D eigenvalue weighted by Gasteiger charge is 2.11. The molecule has 1 aromatic rings. The first-order valence-electron chi connectivity index (χ1n) is 6.41. The van der Waals surface area contributed by atoms with E-state index in [0.717, 1.165) is 25.3 Å². The van der Waals surface area contributed by atoms with Gasteiger partial charge < -0.3 is 10.4 Å². The van der Waals surface area contributed by atoms with Crippen molar-refractivity contribution < 1.29 is 14.3 Å². The molecule has 0 aliphatic heterocycles. The quantitative estimate of drug-likeness (QED) is 0.721. The van der Waals surface area contributed by atoms with Gasteiger partial charge in [-0.15, -0.1) is 0 Å². The van der Waals surface area contributed by atoms with Gasteiger partial charge >= 0.3 is 0 Å². The molecule has 0 fully saturated rings. The Morgan fingerprint density at radius 3 is 2.74 bits per heavy atom. The van der Waals surface area contributed by atoms with Crippen molar-refractivity contribution >= 4 is 17.7 Å². The number of halogens is 1. The summed E-state index contributed by atoms with van der Waals surface area (Å²) >= 11 is 1.84. The number of phenols is 1. The van der Waals surface area contributed by atoms with E-state index in [2.05, 4.69) is 11.6 Å². The lowest BCUT2D eigenvalue weighted by Crippen LogP contribution is -2.25. The molecule has 5 heteroatoms. The smallest absolute Gasteiger partial charge is 0.254 e. The van der Waals surface area contributed by atoms with Crippen LogP contribution in [0.25, 0.3) is 0 Å². The Balaban J connectivity index is 2.24. The second-order valence-corrected chi connectivity index (χ2v) is 5.31. The predicted molar refractivity (Wildman–Crippen MR) is 77.2 cm³/mol. The summed E-state index contributed by atoms with van der Waals surface area (Å²) in [5.41, 5.74) is -0.0276. The van der Waals surface area contributed by atoms with Crippen LogP contribution in [0.3, 0.4) is 0 Å². The maximum atomic E-state index is 13.4. The first kappa shape index (κ1) is 15.8.